The molecule has 0 saturated heterocycles. The third-order valence-corrected chi connectivity index (χ3v) is 4.92. The Kier molecular flexibility index (Phi) is 6.22. The van der Waals surface area contributed by atoms with Crippen LogP contribution in [-0.2, 0) is 13.2 Å². The van der Waals surface area contributed by atoms with Gasteiger partial charge in [-0.15, -0.1) is 0 Å². The quantitative estimate of drug-likeness (QED) is 0.634. The Labute approximate surface area is 171 Å². The summed E-state index contributed by atoms with van der Waals surface area (Å²) in [5.41, 5.74) is 5.17. The minimum absolute atomic E-state index is 0.195. The Balaban J connectivity index is 1.79. The maximum Gasteiger partial charge on any atom is 0.255 e. The van der Waals surface area contributed by atoms with E-state index in [2.05, 4.69) is 16.5 Å². The number of ether oxygens (including phenoxy) is 2. The predicted octanol–water partition coefficient (Wildman–Crippen LogP) is 4.67. The number of amides is 1. The van der Waals surface area contributed by atoms with Crippen molar-refractivity contribution >= 4 is 11.6 Å². The maximum absolute atomic E-state index is 12.8. The predicted molar refractivity (Wildman–Crippen MR) is 114 cm³/mol. The van der Waals surface area contributed by atoms with Crippen molar-refractivity contribution in [2.75, 3.05) is 12.4 Å². The van der Waals surface area contributed by atoms with E-state index in [4.69, 9.17) is 9.47 Å². The van der Waals surface area contributed by atoms with Crippen LogP contribution >= 0.6 is 0 Å². The first-order valence-electron chi connectivity index (χ1n) is 9.63. The fourth-order valence-electron chi connectivity index (χ4n) is 3.13. The Morgan fingerprint density at radius 1 is 1.10 bits per heavy atom. The molecule has 0 bridgehead atoms. The highest BCUT2D eigenvalue weighted by Crippen LogP contribution is 2.25. The van der Waals surface area contributed by atoms with Gasteiger partial charge < -0.3 is 14.8 Å². The van der Waals surface area contributed by atoms with E-state index in [1.807, 2.05) is 44.5 Å². The minimum Gasteiger partial charge on any atom is -0.496 e. The second kappa shape index (κ2) is 8.82. The summed E-state index contributed by atoms with van der Waals surface area (Å²) in [6.45, 7) is 9.04. The van der Waals surface area contributed by atoms with Crippen molar-refractivity contribution in [3.63, 3.8) is 0 Å². The SMILES string of the molecule is CCn1ncc(NC(=O)c2ccc(OC)c(COc3cc(C)ccc3C)c2)c1C. The van der Waals surface area contributed by atoms with Gasteiger partial charge in [0.2, 0.25) is 0 Å². The normalized spacial score (nSPS) is 10.7. The van der Waals surface area contributed by atoms with Gasteiger partial charge in [-0.1, -0.05) is 12.1 Å². The van der Waals surface area contributed by atoms with Gasteiger partial charge in [-0.3, -0.25) is 9.48 Å². The number of methoxy groups -OCH3 is 1. The second-order valence-electron chi connectivity index (χ2n) is 7.00. The van der Waals surface area contributed by atoms with Crippen LogP contribution < -0.4 is 14.8 Å². The molecule has 1 N–H and O–H groups in total. The zero-order chi connectivity index (χ0) is 21.0. The molecule has 6 nitrogen and oxygen atoms in total. The zero-order valence-electron chi connectivity index (χ0n) is 17.6. The summed E-state index contributed by atoms with van der Waals surface area (Å²) in [5.74, 6) is 1.31. The van der Waals surface area contributed by atoms with Crippen LogP contribution in [-0.4, -0.2) is 22.8 Å². The number of hydrogen-bond acceptors (Lipinski definition) is 4. The van der Waals surface area contributed by atoms with Crippen LogP contribution in [0.5, 0.6) is 11.5 Å². The van der Waals surface area contributed by atoms with Crippen molar-refractivity contribution in [1.82, 2.24) is 9.78 Å². The van der Waals surface area contributed by atoms with Crippen molar-refractivity contribution in [3.05, 3.63) is 70.5 Å². The van der Waals surface area contributed by atoms with Crippen molar-refractivity contribution < 1.29 is 14.3 Å². The van der Waals surface area contributed by atoms with E-state index in [9.17, 15) is 4.79 Å². The topological polar surface area (TPSA) is 65.4 Å². The molecule has 0 radical (unpaired) electrons. The van der Waals surface area contributed by atoms with Crippen LogP contribution in [0.15, 0.2) is 42.6 Å². The highest BCUT2D eigenvalue weighted by molar-refractivity contribution is 6.04. The maximum atomic E-state index is 12.8. The smallest absolute Gasteiger partial charge is 0.255 e. The number of benzene rings is 2. The number of aromatic nitrogens is 2. The lowest BCUT2D eigenvalue weighted by molar-refractivity contribution is 0.102. The highest BCUT2D eigenvalue weighted by atomic mass is 16.5. The molecule has 0 saturated carbocycles. The van der Waals surface area contributed by atoms with E-state index in [1.54, 1.807) is 31.5 Å². The summed E-state index contributed by atoms with van der Waals surface area (Å²) >= 11 is 0. The van der Waals surface area contributed by atoms with E-state index in [0.717, 1.165) is 34.7 Å². The Morgan fingerprint density at radius 2 is 1.90 bits per heavy atom. The van der Waals surface area contributed by atoms with Crippen LogP contribution in [0.3, 0.4) is 0 Å². The van der Waals surface area contributed by atoms with Gasteiger partial charge in [0, 0.05) is 17.7 Å². The summed E-state index contributed by atoms with van der Waals surface area (Å²) in [6.07, 6.45) is 1.67. The molecule has 1 heterocycles. The number of anilines is 1. The largest absolute Gasteiger partial charge is 0.496 e. The third kappa shape index (κ3) is 4.59. The first-order chi connectivity index (χ1) is 13.9. The van der Waals surface area contributed by atoms with Crippen molar-refractivity contribution in [1.29, 1.82) is 0 Å². The van der Waals surface area contributed by atoms with Gasteiger partial charge in [-0.2, -0.15) is 5.10 Å². The number of nitrogens with one attached hydrogen (secondary N) is 1. The molecule has 6 heteroatoms. The minimum atomic E-state index is -0.195. The summed E-state index contributed by atoms with van der Waals surface area (Å²) < 4.78 is 13.3. The number of carbonyl (C=O) groups is 1. The van der Waals surface area contributed by atoms with Gasteiger partial charge in [0.05, 0.1) is 24.7 Å². The van der Waals surface area contributed by atoms with E-state index >= 15 is 0 Å². The molecule has 0 aliphatic heterocycles. The van der Waals surface area contributed by atoms with Gasteiger partial charge in [0.25, 0.3) is 5.91 Å². The second-order valence-corrected chi connectivity index (χ2v) is 7.00. The van der Waals surface area contributed by atoms with E-state index < -0.39 is 0 Å². The lowest BCUT2D eigenvalue weighted by Crippen LogP contribution is -2.13. The van der Waals surface area contributed by atoms with E-state index in [-0.39, 0.29) is 5.91 Å². The van der Waals surface area contributed by atoms with Gasteiger partial charge >= 0.3 is 0 Å². The molecule has 1 aromatic heterocycles. The lowest BCUT2D eigenvalue weighted by Gasteiger charge is -2.14. The first-order valence-corrected chi connectivity index (χ1v) is 9.63. The molecular formula is C23H27N3O3. The summed E-state index contributed by atoms with van der Waals surface area (Å²) in [5, 5.41) is 7.20. The summed E-state index contributed by atoms with van der Waals surface area (Å²) in [6, 6.07) is 11.4. The van der Waals surface area contributed by atoms with Crippen LogP contribution in [0, 0.1) is 20.8 Å². The molecule has 0 fully saturated rings. The summed E-state index contributed by atoms with van der Waals surface area (Å²) in [7, 11) is 1.61. The zero-order valence-corrected chi connectivity index (χ0v) is 17.6. The standard InChI is InChI=1S/C23H27N3O3/c1-6-26-17(4)20(13-24-26)25-23(27)18-9-10-21(28-5)19(12-18)14-29-22-11-15(2)7-8-16(22)3/h7-13H,6,14H2,1-5H3,(H,25,27). The van der Waals surface area contributed by atoms with E-state index in [1.165, 1.54) is 0 Å². The van der Waals surface area contributed by atoms with Crippen LogP contribution in [0.4, 0.5) is 5.69 Å². The van der Waals surface area contributed by atoms with Gasteiger partial charge in [0.15, 0.2) is 0 Å². The molecule has 0 spiro atoms. The van der Waals surface area contributed by atoms with Gasteiger partial charge in [-0.25, -0.2) is 0 Å². The highest BCUT2D eigenvalue weighted by Gasteiger charge is 2.14. The molecule has 0 atom stereocenters. The lowest BCUT2D eigenvalue weighted by atomic mass is 10.1. The molecule has 152 valence electrons. The average molecular weight is 393 g/mol. The number of aryl methyl sites for hydroxylation is 3. The summed E-state index contributed by atoms with van der Waals surface area (Å²) in [4.78, 5) is 12.8. The van der Waals surface area contributed by atoms with Crippen LogP contribution in [0.1, 0.15) is 39.7 Å². The fourth-order valence-corrected chi connectivity index (χ4v) is 3.13. The monoisotopic (exact) mass is 393 g/mol. The Bertz CT molecular complexity index is 1020. The average Bonchev–Trinajstić information content (AvgIpc) is 3.07. The number of nitrogens with zero attached hydrogens (tertiary/aromatic N) is 2. The first kappa shape index (κ1) is 20.5. The molecular weight excluding hydrogens is 366 g/mol. The molecule has 3 rings (SSSR count). The Morgan fingerprint density at radius 3 is 2.59 bits per heavy atom. The van der Waals surface area contributed by atoms with E-state index in [0.29, 0.717) is 23.6 Å². The van der Waals surface area contributed by atoms with Crippen LogP contribution in [0.2, 0.25) is 0 Å². The number of rotatable bonds is 7. The number of carbonyl (C=O) groups excluding carboxylic acids is 1. The molecule has 3 aromatic rings. The van der Waals surface area contributed by atoms with Gasteiger partial charge in [-0.05, 0) is 63.1 Å². The Hall–Kier alpha value is -3.28. The van der Waals surface area contributed by atoms with Crippen LogP contribution in [0.25, 0.3) is 0 Å². The van der Waals surface area contributed by atoms with Crippen molar-refractivity contribution in [3.8, 4) is 11.5 Å². The molecule has 29 heavy (non-hydrogen) atoms. The molecule has 2 aromatic carbocycles. The third-order valence-electron chi connectivity index (χ3n) is 4.92. The molecule has 0 aliphatic carbocycles. The molecule has 1 amide bonds. The fraction of sp³-hybridized carbons (Fsp3) is 0.304. The van der Waals surface area contributed by atoms with Crippen molar-refractivity contribution in [2.24, 2.45) is 0 Å². The number of hydrogen-bond donors (Lipinski definition) is 1. The molecule has 0 aliphatic rings. The van der Waals surface area contributed by atoms with Gasteiger partial charge in [0.1, 0.15) is 18.1 Å². The molecule has 0 unspecified atom stereocenters. The van der Waals surface area contributed by atoms with Crippen molar-refractivity contribution in [2.45, 2.75) is 40.8 Å².